The van der Waals surface area contributed by atoms with Crippen LogP contribution in [-0.4, -0.2) is 62.9 Å². The molecule has 0 bridgehead atoms. The van der Waals surface area contributed by atoms with Gasteiger partial charge in [-0.05, 0) is 107 Å². The summed E-state index contributed by atoms with van der Waals surface area (Å²) in [6, 6.07) is 0.283. The Labute approximate surface area is 225 Å². The first-order valence-corrected chi connectivity index (χ1v) is 15.2. The Hall–Kier alpha value is -1.43. The molecule has 5 unspecified atom stereocenters. The largest absolute Gasteiger partial charge is 0.381 e. The highest BCUT2D eigenvalue weighted by Crippen LogP contribution is 2.42. The highest BCUT2D eigenvalue weighted by atomic mass is 16.5. The lowest BCUT2D eigenvalue weighted by molar-refractivity contribution is -0.144. The number of amides is 1. The van der Waals surface area contributed by atoms with Gasteiger partial charge in [0.15, 0.2) is 0 Å². The minimum atomic E-state index is -0.0305. The van der Waals surface area contributed by atoms with E-state index >= 15 is 0 Å². The first kappa shape index (κ1) is 27.1. The van der Waals surface area contributed by atoms with Crippen molar-refractivity contribution in [2.45, 2.75) is 95.8 Å². The van der Waals surface area contributed by atoms with E-state index in [1.54, 1.807) is 5.57 Å². The molecule has 1 heterocycles. The standard InChI is InChI=1S/C32H50N2O3/c1-22-18-29(36-2)28(30(19-22)37-3)21-34(27-13-12-23-10-7-11-26(23)20-27)32(35)31(24-8-5-4-6-9-24)25-14-16-33-17-15-25/h5,8-9,12,22,25-31,33H,4,6-7,10-11,13-21H2,1-3H3. The lowest BCUT2D eigenvalue weighted by Crippen LogP contribution is -2.54. The Balaban J connectivity index is 1.47. The van der Waals surface area contributed by atoms with Crippen LogP contribution in [0.15, 0.2) is 35.5 Å². The van der Waals surface area contributed by atoms with Gasteiger partial charge in [0.1, 0.15) is 0 Å². The van der Waals surface area contributed by atoms with Gasteiger partial charge in [0.25, 0.3) is 0 Å². The van der Waals surface area contributed by atoms with Gasteiger partial charge in [-0.25, -0.2) is 0 Å². The number of carbonyl (C=O) groups excluding carboxylic acids is 1. The van der Waals surface area contributed by atoms with Gasteiger partial charge in [0.2, 0.25) is 5.91 Å². The molecule has 0 spiro atoms. The Morgan fingerprint density at radius 3 is 2.49 bits per heavy atom. The molecule has 5 heteroatoms. The van der Waals surface area contributed by atoms with Crippen LogP contribution in [-0.2, 0) is 14.3 Å². The molecule has 206 valence electrons. The fourth-order valence-corrected chi connectivity index (χ4v) is 8.19. The fourth-order valence-electron chi connectivity index (χ4n) is 8.19. The van der Waals surface area contributed by atoms with E-state index in [4.69, 9.17) is 9.47 Å². The minimum Gasteiger partial charge on any atom is -0.381 e. The van der Waals surface area contributed by atoms with Gasteiger partial charge in [0.05, 0.1) is 18.1 Å². The molecule has 0 aromatic heterocycles. The topological polar surface area (TPSA) is 50.8 Å². The molecule has 1 saturated heterocycles. The first-order valence-electron chi connectivity index (χ1n) is 15.2. The zero-order chi connectivity index (χ0) is 25.8. The van der Waals surface area contributed by atoms with Crippen LogP contribution >= 0.6 is 0 Å². The average Bonchev–Trinajstić information content (AvgIpc) is 3.41. The summed E-state index contributed by atoms with van der Waals surface area (Å²) >= 11 is 0. The summed E-state index contributed by atoms with van der Waals surface area (Å²) in [5, 5.41) is 3.52. The fraction of sp³-hybridized carbons (Fsp3) is 0.781. The summed E-state index contributed by atoms with van der Waals surface area (Å²) < 4.78 is 12.2. The van der Waals surface area contributed by atoms with Crippen molar-refractivity contribution in [2.24, 2.45) is 29.6 Å². The summed E-state index contributed by atoms with van der Waals surface area (Å²) in [7, 11) is 3.69. The van der Waals surface area contributed by atoms with E-state index in [2.05, 4.69) is 41.4 Å². The van der Waals surface area contributed by atoms with Crippen molar-refractivity contribution in [1.29, 1.82) is 0 Å². The molecule has 0 radical (unpaired) electrons. The Bertz CT molecular complexity index is 859. The predicted octanol–water partition coefficient (Wildman–Crippen LogP) is 5.67. The molecule has 0 aromatic carbocycles. The maximum absolute atomic E-state index is 14.9. The highest BCUT2D eigenvalue weighted by molar-refractivity contribution is 5.83. The molecule has 5 nitrogen and oxygen atoms in total. The third-order valence-corrected chi connectivity index (χ3v) is 10.2. The molecule has 5 rings (SSSR count). The van der Waals surface area contributed by atoms with Crippen molar-refractivity contribution in [1.82, 2.24) is 10.2 Å². The predicted molar refractivity (Wildman–Crippen MR) is 149 cm³/mol. The number of piperidine rings is 1. The van der Waals surface area contributed by atoms with E-state index in [1.807, 2.05) is 14.2 Å². The molecule has 1 amide bonds. The Morgan fingerprint density at radius 2 is 1.81 bits per heavy atom. The van der Waals surface area contributed by atoms with Gasteiger partial charge in [-0.2, -0.15) is 0 Å². The lowest BCUT2D eigenvalue weighted by atomic mass is 9.75. The normalized spacial score (nSPS) is 35.4. The van der Waals surface area contributed by atoms with Crippen LogP contribution in [0.25, 0.3) is 0 Å². The molecule has 4 aliphatic carbocycles. The molecule has 0 aromatic rings. The van der Waals surface area contributed by atoms with Crippen molar-refractivity contribution < 1.29 is 14.3 Å². The molecule has 5 aliphatic rings. The monoisotopic (exact) mass is 510 g/mol. The van der Waals surface area contributed by atoms with Crippen molar-refractivity contribution in [2.75, 3.05) is 33.9 Å². The smallest absolute Gasteiger partial charge is 0.230 e. The molecular formula is C32H50N2O3. The summed E-state index contributed by atoms with van der Waals surface area (Å²) in [6.45, 7) is 5.09. The van der Waals surface area contributed by atoms with E-state index in [9.17, 15) is 4.79 Å². The molecule has 2 saturated carbocycles. The molecular weight excluding hydrogens is 460 g/mol. The number of allylic oxidation sites excluding steroid dienone is 4. The van der Waals surface area contributed by atoms with Gasteiger partial charge in [-0.3, -0.25) is 4.79 Å². The number of hydrogen-bond acceptors (Lipinski definition) is 4. The SMILES string of the molecule is COC1CC(C)CC(OC)C1CN(C(=O)C(C1=CCCC=C1)C1CCNCC1)C1CC=C2CCCC2C1. The number of nitrogens with one attached hydrogen (secondary N) is 1. The van der Waals surface area contributed by atoms with E-state index in [0.717, 1.165) is 71.0 Å². The van der Waals surface area contributed by atoms with Crippen LogP contribution in [0.1, 0.15) is 77.6 Å². The number of carbonyl (C=O) groups is 1. The Kier molecular flexibility index (Phi) is 9.26. The minimum absolute atomic E-state index is 0.0305. The van der Waals surface area contributed by atoms with Crippen LogP contribution in [0, 0.1) is 29.6 Å². The molecule has 37 heavy (non-hydrogen) atoms. The quantitative estimate of drug-likeness (QED) is 0.427. The summed E-state index contributed by atoms with van der Waals surface area (Å²) in [5.41, 5.74) is 2.93. The molecule has 1 N–H and O–H groups in total. The number of ether oxygens (including phenoxy) is 2. The van der Waals surface area contributed by atoms with Crippen molar-refractivity contribution >= 4 is 5.91 Å². The third-order valence-electron chi connectivity index (χ3n) is 10.2. The number of rotatable bonds is 8. The van der Waals surface area contributed by atoms with Gasteiger partial charge in [-0.1, -0.05) is 36.8 Å². The number of nitrogens with zero attached hydrogens (tertiary/aromatic N) is 1. The van der Waals surface area contributed by atoms with Gasteiger partial charge < -0.3 is 19.7 Å². The maximum Gasteiger partial charge on any atom is 0.230 e. The van der Waals surface area contributed by atoms with Gasteiger partial charge in [0, 0.05) is 32.7 Å². The van der Waals surface area contributed by atoms with Crippen molar-refractivity contribution in [3.05, 3.63) is 35.5 Å². The summed E-state index contributed by atoms with van der Waals surface area (Å²) in [5.74, 6) is 2.21. The third kappa shape index (κ3) is 6.09. The second-order valence-corrected chi connectivity index (χ2v) is 12.5. The number of methoxy groups -OCH3 is 2. The zero-order valence-electron chi connectivity index (χ0n) is 23.5. The summed E-state index contributed by atoms with van der Waals surface area (Å²) in [6.07, 6.45) is 22.1. The number of hydrogen-bond donors (Lipinski definition) is 1. The van der Waals surface area contributed by atoms with Crippen LogP contribution in [0.5, 0.6) is 0 Å². The molecule has 5 atom stereocenters. The van der Waals surface area contributed by atoms with Gasteiger partial charge >= 0.3 is 0 Å². The highest BCUT2D eigenvalue weighted by Gasteiger charge is 2.44. The van der Waals surface area contributed by atoms with Crippen LogP contribution in [0.4, 0.5) is 0 Å². The second kappa shape index (κ2) is 12.6. The van der Waals surface area contributed by atoms with E-state index in [0.29, 0.717) is 23.7 Å². The molecule has 3 fully saturated rings. The lowest BCUT2D eigenvalue weighted by Gasteiger charge is -2.46. The van der Waals surface area contributed by atoms with Crippen LogP contribution < -0.4 is 5.32 Å². The van der Waals surface area contributed by atoms with E-state index in [1.165, 1.54) is 24.8 Å². The zero-order valence-corrected chi connectivity index (χ0v) is 23.5. The van der Waals surface area contributed by atoms with Crippen molar-refractivity contribution in [3.63, 3.8) is 0 Å². The summed E-state index contributed by atoms with van der Waals surface area (Å²) in [4.78, 5) is 17.2. The molecule has 1 aliphatic heterocycles. The van der Waals surface area contributed by atoms with Crippen LogP contribution in [0.2, 0.25) is 0 Å². The average molecular weight is 511 g/mol. The van der Waals surface area contributed by atoms with Crippen LogP contribution in [0.3, 0.4) is 0 Å². The second-order valence-electron chi connectivity index (χ2n) is 12.5. The van der Waals surface area contributed by atoms with E-state index in [-0.39, 0.29) is 30.1 Å². The Morgan fingerprint density at radius 1 is 1.05 bits per heavy atom. The number of fused-ring (bicyclic) bond motifs is 1. The maximum atomic E-state index is 14.9. The first-order chi connectivity index (χ1) is 18.1. The van der Waals surface area contributed by atoms with E-state index < -0.39 is 0 Å². The van der Waals surface area contributed by atoms with Gasteiger partial charge in [-0.15, -0.1) is 0 Å². The van der Waals surface area contributed by atoms with Crippen molar-refractivity contribution in [3.8, 4) is 0 Å².